The molecule has 0 atom stereocenters. The highest BCUT2D eigenvalue weighted by atomic mass is 32.2. The topological polar surface area (TPSA) is 99.0 Å². The van der Waals surface area contributed by atoms with Crippen molar-refractivity contribution in [3.05, 3.63) is 77.4 Å². The van der Waals surface area contributed by atoms with Crippen molar-refractivity contribution in [2.75, 3.05) is 4.72 Å². The van der Waals surface area contributed by atoms with Gasteiger partial charge in [0, 0.05) is 17.8 Å². The SMILES string of the molecule is Cc1ccc(NS(=O)(=O)c2ccc(N=Cc3ccc(O)cc3O)cc2)c(C)c1. The second-order valence-electron chi connectivity index (χ2n) is 6.42. The number of rotatable bonds is 5. The minimum absolute atomic E-state index is 0.0412. The Morgan fingerprint density at radius 2 is 1.64 bits per heavy atom. The van der Waals surface area contributed by atoms with Crippen molar-refractivity contribution in [1.82, 2.24) is 0 Å². The van der Waals surface area contributed by atoms with Crippen molar-refractivity contribution >= 4 is 27.6 Å². The van der Waals surface area contributed by atoms with Crippen molar-refractivity contribution in [2.45, 2.75) is 18.7 Å². The van der Waals surface area contributed by atoms with Crippen LogP contribution in [0.2, 0.25) is 0 Å². The Kier molecular flexibility index (Phi) is 5.37. The van der Waals surface area contributed by atoms with E-state index in [0.29, 0.717) is 16.9 Å². The van der Waals surface area contributed by atoms with E-state index in [1.807, 2.05) is 26.0 Å². The number of hydrogen-bond acceptors (Lipinski definition) is 5. The number of nitrogens with zero attached hydrogens (tertiary/aromatic N) is 1. The fourth-order valence-corrected chi connectivity index (χ4v) is 3.76. The molecule has 0 fully saturated rings. The van der Waals surface area contributed by atoms with Crippen molar-refractivity contribution in [2.24, 2.45) is 4.99 Å². The smallest absolute Gasteiger partial charge is 0.261 e. The minimum atomic E-state index is -3.71. The lowest BCUT2D eigenvalue weighted by atomic mass is 10.1. The van der Waals surface area contributed by atoms with Crippen LogP contribution in [0, 0.1) is 13.8 Å². The first kappa shape index (κ1) is 19.4. The van der Waals surface area contributed by atoms with Gasteiger partial charge in [-0.25, -0.2) is 8.42 Å². The highest BCUT2D eigenvalue weighted by molar-refractivity contribution is 7.92. The number of phenols is 2. The average molecular weight is 396 g/mol. The zero-order valence-electron chi connectivity index (χ0n) is 15.4. The van der Waals surface area contributed by atoms with Gasteiger partial charge in [0.1, 0.15) is 11.5 Å². The van der Waals surface area contributed by atoms with Crippen LogP contribution < -0.4 is 4.72 Å². The fourth-order valence-electron chi connectivity index (χ4n) is 2.63. The summed E-state index contributed by atoms with van der Waals surface area (Å²) in [6.07, 6.45) is 1.44. The Morgan fingerprint density at radius 1 is 0.929 bits per heavy atom. The summed E-state index contributed by atoms with van der Waals surface area (Å²) in [4.78, 5) is 4.34. The molecule has 28 heavy (non-hydrogen) atoms. The lowest BCUT2D eigenvalue weighted by Crippen LogP contribution is -2.13. The van der Waals surface area contributed by atoms with Crippen molar-refractivity contribution in [1.29, 1.82) is 0 Å². The standard InChI is InChI=1S/C21H20N2O4S/c1-14-3-10-20(15(2)11-14)23-28(26,27)19-8-5-17(6-9-19)22-13-16-4-7-18(24)12-21(16)25/h3-13,23-25H,1-2H3. The lowest BCUT2D eigenvalue weighted by Gasteiger charge is -2.11. The first-order chi connectivity index (χ1) is 13.2. The molecule has 0 spiro atoms. The van der Waals surface area contributed by atoms with E-state index in [0.717, 1.165) is 11.1 Å². The molecule has 0 aliphatic heterocycles. The third-order valence-corrected chi connectivity index (χ3v) is 5.52. The Labute approximate surface area is 163 Å². The average Bonchev–Trinajstić information content (AvgIpc) is 2.64. The summed E-state index contributed by atoms with van der Waals surface area (Å²) in [5.41, 5.74) is 3.40. The summed E-state index contributed by atoms with van der Waals surface area (Å²) in [6, 6.07) is 15.8. The number of hydrogen-bond donors (Lipinski definition) is 3. The number of phenolic OH excluding ortho intramolecular Hbond substituents is 2. The molecule has 3 aromatic carbocycles. The van der Waals surface area contributed by atoms with Gasteiger partial charge in [0.15, 0.2) is 0 Å². The van der Waals surface area contributed by atoms with Crippen LogP contribution in [-0.4, -0.2) is 24.8 Å². The highest BCUT2D eigenvalue weighted by Gasteiger charge is 2.15. The molecule has 144 valence electrons. The van der Waals surface area contributed by atoms with Crippen LogP contribution in [0.1, 0.15) is 16.7 Å². The second-order valence-corrected chi connectivity index (χ2v) is 8.10. The molecular weight excluding hydrogens is 376 g/mol. The summed E-state index contributed by atoms with van der Waals surface area (Å²) in [7, 11) is -3.71. The molecule has 3 aromatic rings. The van der Waals surface area contributed by atoms with Crippen molar-refractivity contribution in [3.63, 3.8) is 0 Å². The minimum Gasteiger partial charge on any atom is -0.508 e. The fraction of sp³-hybridized carbons (Fsp3) is 0.0952. The number of benzene rings is 3. The molecule has 0 amide bonds. The number of aliphatic imine (C=N–C) groups is 1. The molecule has 0 heterocycles. The molecule has 0 aromatic heterocycles. The first-order valence-electron chi connectivity index (χ1n) is 8.51. The van der Waals surface area contributed by atoms with Crippen LogP contribution in [0.15, 0.2) is 70.6 Å². The van der Waals surface area contributed by atoms with Crippen molar-refractivity contribution < 1.29 is 18.6 Å². The number of nitrogens with one attached hydrogen (secondary N) is 1. The highest BCUT2D eigenvalue weighted by Crippen LogP contribution is 2.24. The van der Waals surface area contributed by atoms with Gasteiger partial charge in [0.05, 0.1) is 16.3 Å². The Hall–Kier alpha value is -3.32. The third kappa shape index (κ3) is 4.50. The predicted molar refractivity (Wildman–Crippen MR) is 110 cm³/mol. The molecule has 0 saturated heterocycles. The summed E-state index contributed by atoms with van der Waals surface area (Å²) >= 11 is 0. The van der Waals surface area contributed by atoms with E-state index >= 15 is 0 Å². The summed E-state index contributed by atoms with van der Waals surface area (Å²) < 4.78 is 27.8. The maximum atomic E-state index is 12.6. The molecule has 3 rings (SSSR count). The van der Waals surface area contributed by atoms with Crippen LogP contribution in [0.5, 0.6) is 11.5 Å². The largest absolute Gasteiger partial charge is 0.508 e. The van der Waals surface area contributed by atoms with Gasteiger partial charge in [-0.2, -0.15) is 0 Å². The number of anilines is 1. The second kappa shape index (κ2) is 7.74. The third-order valence-electron chi connectivity index (χ3n) is 4.14. The molecule has 0 aliphatic rings. The molecule has 0 unspecified atom stereocenters. The number of aromatic hydroxyl groups is 2. The Bertz CT molecular complexity index is 1140. The Balaban J connectivity index is 1.78. The van der Waals surface area contributed by atoms with Gasteiger partial charge in [-0.15, -0.1) is 0 Å². The van der Waals surface area contributed by atoms with E-state index in [-0.39, 0.29) is 16.4 Å². The van der Waals surface area contributed by atoms with E-state index < -0.39 is 10.0 Å². The molecule has 0 saturated carbocycles. The first-order valence-corrected chi connectivity index (χ1v) is 9.99. The van der Waals surface area contributed by atoms with Gasteiger partial charge >= 0.3 is 0 Å². The van der Waals surface area contributed by atoms with Crippen LogP contribution in [0.4, 0.5) is 11.4 Å². The van der Waals surface area contributed by atoms with Gasteiger partial charge in [-0.05, 0) is 61.9 Å². The van der Waals surface area contributed by atoms with Gasteiger partial charge in [-0.3, -0.25) is 9.71 Å². The quantitative estimate of drug-likeness (QED) is 0.561. The maximum Gasteiger partial charge on any atom is 0.261 e. The molecule has 7 heteroatoms. The van der Waals surface area contributed by atoms with Gasteiger partial charge < -0.3 is 10.2 Å². The zero-order chi connectivity index (χ0) is 20.3. The van der Waals surface area contributed by atoms with E-state index in [1.54, 1.807) is 18.2 Å². The lowest BCUT2D eigenvalue weighted by molar-refractivity contribution is 0.450. The molecule has 0 radical (unpaired) electrons. The van der Waals surface area contributed by atoms with E-state index in [9.17, 15) is 18.6 Å². The van der Waals surface area contributed by atoms with Crippen LogP contribution in [0.3, 0.4) is 0 Å². The molecule has 0 aliphatic carbocycles. The van der Waals surface area contributed by atoms with Crippen molar-refractivity contribution in [3.8, 4) is 11.5 Å². The van der Waals surface area contributed by atoms with E-state index in [2.05, 4.69) is 9.71 Å². The van der Waals surface area contributed by atoms with Crippen LogP contribution >= 0.6 is 0 Å². The Morgan fingerprint density at radius 3 is 2.29 bits per heavy atom. The maximum absolute atomic E-state index is 12.6. The van der Waals surface area contributed by atoms with E-state index in [1.165, 1.54) is 36.5 Å². The number of aryl methyl sites for hydroxylation is 2. The summed E-state index contributed by atoms with van der Waals surface area (Å²) in [5.74, 6) is -0.138. The number of sulfonamides is 1. The normalized spacial score (nSPS) is 11.6. The van der Waals surface area contributed by atoms with Crippen LogP contribution in [-0.2, 0) is 10.0 Å². The molecule has 0 bridgehead atoms. The summed E-state index contributed by atoms with van der Waals surface area (Å²) in [6.45, 7) is 3.80. The van der Waals surface area contributed by atoms with Gasteiger partial charge in [0.25, 0.3) is 10.0 Å². The predicted octanol–water partition coefficient (Wildman–Crippen LogP) is 4.27. The summed E-state index contributed by atoms with van der Waals surface area (Å²) in [5, 5.41) is 19.1. The molecule has 6 nitrogen and oxygen atoms in total. The van der Waals surface area contributed by atoms with Gasteiger partial charge in [0.2, 0.25) is 0 Å². The monoisotopic (exact) mass is 396 g/mol. The zero-order valence-corrected chi connectivity index (χ0v) is 16.2. The van der Waals surface area contributed by atoms with Crippen LogP contribution in [0.25, 0.3) is 0 Å². The molecular formula is C21H20N2O4S. The van der Waals surface area contributed by atoms with Gasteiger partial charge in [-0.1, -0.05) is 17.7 Å². The van der Waals surface area contributed by atoms with E-state index in [4.69, 9.17) is 0 Å². The molecule has 3 N–H and O–H groups in total.